The minimum atomic E-state index is -0.113. The molecule has 0 spiro atoms. The number of rotatable bonds is 5. The van der Waals surface area contributed by atoms with E-state index in [4.69, 9.17) is 0 Å². The Morgan fingerprint density at radius 1 is 1.17 bits per heavy atom. The summed E-state index contributed by atoms with van der Waals surface area (Å²) in [6.07, 6.45) is 1.75. The topological polar surface area (TPSA) is 74.3 Å². The Hall–Kier alpha value is -2.25. The molecule has 0 bridgehead atoms. The van der Waals surface area contributed by atoms with Gasteiger partial charge in [0.25, 0.3) is 0 Å². The van der Waals surface area contributed by atoms with Crippen LogP contribution in [0.15, 0.2) is 24.3 Å². The first-order chi connectivity index (χ1) is 14.1. The van der Waals surface area contributed by atoms with Crippen LogP contribution >= 0.6 is 11.3 Å². The highest BCUT2D eigenvalue weighted by atomic mass is 32.1. The molecule has 1 saturated heterocycles. The number of hydrogen-bond acceptors (Lipinski definition) is 5. The van der Waals surface area contributed by atoms with Gasteiger partial charge in [-0.2, -0.15) is 0 Å². The van der Waals surface area contributed by atoms with Gasteiger partial charge in [-0.25, -0.2) is 4.98 Å². The predicted molar refractivity (Wildman–Crippen MR) is 123 cm³/mol. The third-order valence-electron chi connectivity index (χ3n) is 5.54. The zero-order valence-corrected chi connectivity index (χ0v) is 19.4. The van der Waals surface area contributed by atoms with Crippen molar-refractivity contribution in [3.8, 4) is 0 Å². The molecule has 30 heavy (non-hydrogen) atoms. The molecule has 3 rings (SSSR count). The van der Waals surface area contributed by atoms with E-state index in [1.54, 1.807) is 0 Å². The van der Waals surface area contributed by atoms with Gasteiger partial charge in [-0.05, 0) is 56.3 Å². The lowest BCUT2D eigenvalue weighted by Crippen LogP contribution is -2.44. The molecule has 1 aliphatic rings. The zero-order chi connectivity index (χ0) is 21.9. The predicted octanol–water partition coefficient (Wildman–Crippen LogP) is 4.35. The number of aryl methyl sites for hydroxylation is 2. The van der Waals surface area contributed by atoms with Gasteiger partial charge < -0.3 is 10.6 Å². The van der Waals surface area contributed by atoms with Gasteiger partial charge in [0.15, 0.2) is 5.13 Å². The molecular weight excluding hydrogens is 396 g/mol. The van der Waals surface area contributed by atoms with Crippen LogP contribution in [-0.4, -0.2) is 41.3 Å². The van der Waals surface area contributed by atoms with Crippen molar-refractivity contribution in [2.45, 2.75) is 52.9 Å². The molecule has 7 heteroatoms. The van der Waals surface area contributed by atoms with Gasteiger partial charge in [-0.3, -0.25) is 14.5 Å². The molecule has 0 saturated carbocycles. The molecule has 0 aliphatic carbocycles. The molecule has 1 aromatic carbocycles. The van der Waals surface area contributed by atoms with Gasteiger partial charge >= 0.3 is 0 Å². The van der Waals surface area contributed by atoms with Crippen LogP contribution in [0, 0.1) is 19.8 Å². The number of piperidine rings is 1. The van der Waals surface area contributed by atoms with Gasteiger partial charge in [0.1, 0.15) is 0 Å². The van der Waals surface area contributed by atoms with Crippen LogP contribution in [0.2, 0.25) is 0 Å². The molecule has 6 nitrogen and oxygen atoms in total. The molecule has 2 N–H and O–H groups in total. The number of nitrogens with zero attached hydrogens (tertiary/aromatic N) is 2. The van der Waals surface area contributed by atoms with E-state index in [2.05, 4.69) is 53.4 Å². The molecule has 162 valence electrons. The average molecular weight is 429 g/mol. The molecule has 1 unspecified atom stereocenters. The Morgan fingerprint density at radius 3 is 2.47 bits per heavy atom. The Balaban J connectivity index is 1.52. The van der Waals surface area contributed by atoms with Crippen molar-refractivity contribution in [3.05, 3.63) is 40.4 Å². The van der Waals surface area contributed by atoms with Crippen molar-refractivity contribution in [3.63, 3.8) is 0 Å². The highest BCUT2D eigenvalue weighted by molar-refractivity contribution is 7.15. The van der Waals surface area contributed by atoms with E-state index in [1.165, 1.54) is 16.9 Å². The van der Waals surface area contributed by atoms with Crippen LogP contribution < -0.4 is 10.6 Å². The molecular formula is C23H32N4O2S. The van der Waals surface area contributed by atoms with Crippen LogP contribution in [0.1, 0.15) is 49.7 Å². The number of likely N-dealkylation sites (tertiary alicyclic amines) is 1. The summed E-state index contributed by atoms with van der Waals surface area (Å²) < 4.78 is 0. The Kier molecular flexibility index (Phi) is 6.93. The molecule has 2 aromatic rings. The molecule has 1 atom stereocenters. The van der Waals surface area contributed by atoms with Crippen molar-refractivity contribution in [2.75, 3.05) is 30.3 Å². The van der Waals surface area contributed by atoms with Crippen molar-refractivity contribution in [1.82, 2.24) is 9.88 Å². The van der Waals surface area contributed by atoms with E-state index >= 15 is 0 Å². The fraction of sp³-hybridized carbons (Fsp3) is 0.522. The summed E-state index contributed by atoms with van der Waals surface area (Å²) >= 11 is 1.49. The summed E-state index contributed by atoms with van der Waals surface area (Å²) in [6, 6.07) is 8.05. The summed E-state index contributed by atoms with van der Waals surface area (Å²) in [5, 5.41) is 6.56. The number of carbonyl (C=O) groups is 2. The number of aromatic nitrogens is 1. The standard InChI is InChI=1S/C23H32N4O2S/c1-15-16(2)30-22(24-15)26-20(28)14-27-12-6-7-17(13-27)21(29)25-19-10-8-18(9-11-19)23(3,4)5/h8-11,17H,6-7,12-14H2,1-5H3,(H,25,29)(H,24,26,28). The maximum atomic E-state index is 12.8. The summed E-state index contributed by atoms with van der Waals surface area (Å²) in [6.45, 7) is 12.1. The summed E-state index contributed by atoms with van der Waals surface area (Å²) in [5.41, 5.74) is 3.09. The number of carbonyl (C=O) groups excluding carboxylic acids is 2. The monoisotopic (exact) mass is 428 g/mol. The fourth-order valence-electron chi connectivity index (χ4n) is 3.60. The third-order valence-corrected chi connectivity index (χ3v) is 6.53. The van der Waals surface area contributed by atoms with E-state index < -0.39 is 0 Å². The quantitative estimate of drug-likeness (QED) is 0.743. The largest absolute Gasteiger partial charge is 0.326 e. The fourth-order valence-corrected chi connectivity index (χ4v) is 4.43. The second kappa shape index (κ2) is 9.27. The van der Waals surface area contributed by atoms with Gasteiger partial charge in [0.05, 0.1) is 18.2 Å². The number of nitrogens with one attached hydrogen (secondary N) is 2. The van der Waals surface area contributed by atoms with Crippen LogP contribution in [0.4, 0.5) is 10.8 Å². The first-order valence-corrected chi connectivity index (χ1v) is 11.3. The summed E-state index contributed by atoms with van der Waals surface area (Å²) in [5.74, 6) is -0.171. The van der Waals surface area contributed by atoms with Crippen molar-refractivity contribution in [1.29, 1.82) is 0 Å². The van der Waals surface area contributed by atoms with Crippen LogP contribution in [0.5, 0.6) is 0 Å². The van der Waals surface area contributed by atoms with Crippen molar-refractivity contribution < 1.29 is 9.59 Å². The lowest BCUT2D eigenvalue weighted by atomic mass is 9.87. The Morgan fingerprint density at radius 2 is 1.87 bits per heavy atom. The van der Waals surface area contributed by atoms with E-state index in [-0.39, 0.29) is 29.7 Å². The number of hydrogen-bond donors (Lipinski definition) is 2. The minimum Gasteiger partial charge on any atom is -0.326 e. The van der Waals surface area contributed by atoms with E-state index in [0.717, 1.165) is 35.6 Å². The number of benzene rings is 1. The van der Waals surface area contributed by atoms with Crippen LogP contribution in [0.3, 0.4) is 0 Å². The van der Waals surface area contributed by atoms with Crippen LogP contribution in [0.25, 0.3) is 0 Å². The summed E-state index contributed by atoms with van der Waals surface area (Å²) in [4.78, 5) is 32.7. The lowest BCUT2D eigenvalue weighted by molar-refractivity contribution is -0.123. The second-order valence-corrected chi connectivity index (χ2v) is 10.3. The highest BCUT2D eigenvalue weighted by Gasteiger charge is 2.27. The Bertz CT molecular complexity index is 879. The molecule has 1 aromatic heterocycles. The highest BCUT2D eigenvalue weighted by Crippen LogP contribution is 2.25. The maximum Gasteiger partial charge on any atom is 0.240 e. The zero-order valence-electron chi connectivity index (χ0n) is 18.5. The summed E-state index contributed by atoms with van der Waals surface area (Å²) in [7, 11) is 0. The van der Waals surface area contributed by atoms with Gasteiger partial charge in [-0.1, -0.05) is 32.9 Å². The lowest BCUT2D eigenvalue weighted by Gasteiger charge is -2.31. The minimum absolute atomic E-state index is 0.0230. The van der Waals surface area contributed by atoms with Crippen molar-refractivity contribution >= 4 is 34.0 Å². The molecule has 1 fully saturated rings. The normalized spacial score (nSPS) is 17.6. The van der Waals surface area contributed by atoms with Gasteiger partial charge in [0, 0.05) is 17.1 Å². The van der Waals surface area contributed by atoms with E-state index in [1.807, 2.05) is 26.0 Å². The number of amides is 2. The van der Waals surface area contributed by atoms with E-state index in [0.29, 0.717) is 11.7 Å². The smallest absolute Gasteiger partial charge is 0.240 e. The Labute approximate surface area is 183 Å². The van der Waals surface area contributed by atoms with Gasteiger partial charge in [-0.15, -0.1) is 11.3 Å². The second-order valence-electron chi connectivity index (χ2n) is 9.10. The molecule has 1 aliphatic heterocycles. The first kappa shape index (κ1) is 22.4. The van der Waals surface area contributed by atoms with Crippen LogP contribution in [-0.2, 0) is 15.0 Å². The maximum absolute atomic E-state index is 12.8. The number of anilines is 2. The average Bonchev–Trinajstić information content (AvgIpc) is 2.98. The molecule has 0 radical (unpaired) electrons. The first-order valence-electron chi connectivity index (χ1n) is 10.5. The van der Waals surface area contributed by atoms with Gasteiger partial charge in [0.2, 0.25) is 11.8 Å². The molecule has 2 amide bonds. The molecule has 2 heterocycles. The van der Waals surface area contributed by atoms with Crippen molar-refractivity contribution in [2.24, 2.45) is 5.92 Å². The van der Waals surface area contributed by atoms with E-state index in [9.17, 15) is 9.59 Å². The SMILES string of the molecule is Cc1nc(NC(=O)CN2CCCC(C(=O)Nc3ccc(C(C)(C)C)cc3)C2)sc1C. The number of thiazole rings is 1. The third kappa shape index (κ3) is 5.89.